The highest BCUT2D eigenvalue weighted by molar-refractivity contribution is 5.87. The first-order valence-corrected chi connectivity index (χ1v) is 5.38. The Morgan fingerprint density at radius 3 is 2.73 bits per heavy atom. The predicted octanol–water partition coefficient (Wildman–Crippen LogP) is 0.500. The molecule has 0 aliphatic carbocycles. The Balaban J connectivity index is 2.63. The second-order valence-corrected chi connectivity index (χ2v) is 4.53. The summed E-state index contributed by atoms with van der Waals surface area (Å²) < 4.78 is 6.03. The molecule has 1 N–H and O–H groups in total. The molecular formula is C11H21N2O2+. The van der Waals surface area contributed by atoms with Crippen molar-refractivity contribution in [2.75, 3.05) is 27.2 Å². The van der Waals surface area contributed by atoms with Crippen LogP contribution >= 0.6 is 0 Å². The first-order chi connectivity index (χ1) is 7.01. The molecule has 2 unspecified atom stereocenters. The Kier molecular flexibility index (Phi) is 3.88. The Morgan fingerprint density at radius 1 is 1.73 bits per heavy atom. The molecular weight excluding hydrogens is 192 g/mol. The fourth-order valence-corrected chi connectivity index (χ4v) is 1.88. The van der Waals surface area contributed by atoms with Crippen LogP contribution in [0.15, 0.2) is 12.7 Å². The lowest BCUT2D eigenvalue weighted by Crippen LogP contribution is -2.60. The van der Waals surface area contributed by atoms with Crippen LogP contribution in [0.1, 0.15) is 13.3 Å². The summed E-state index contributed by atoms with van der Waals surface area (Å²) in [5, 5.41) is 2.94. The third-order valence-electron chi connectivity index (χ3n) is 2.74. The number of carbonyl (C=O) groups excluding carboxylic acids is 1. The Hall–Kier alpha value is -0.870. The average molecular weight is 213 g/mol. The fraction of sp³-hybridized carbons (Fsp3) is 0.727. The lowest BCUT2D eigenvalue weighted by molar-refractivity contribution is -0.918. The van der Waals surface area contributed by atoms with Crippen molar-refractivity contribution in [3.63, 3.8) is 0 Å². The van der Waals surface area contributed by atoms with E-state index >= 15 is 0 Å². The first kappa shape index (κ1) is 12.2. The Bertz CT molecular complexity index is 247. The summed E-state index contributed by atoms with van der Waals surface area (Å²) in [7, 11) is 4.22. The van der Waals surface area contributed by atoms with Gasteiger partial charge in [0, 0.05) is 0 Å². The highest BCUT2D eigenvalue weighted by Crippen LogP contribution is 2.21. The molecule has 86 valence electrons. The lowest BCUT2D eigenvalue weighted by Gasteiger charge is -2.37. The van der Waals surface area contributed by atoms with Gasteiger partial charge in [0.25, 0.3) is 0 Å². The summed E-state index contributed by atoms with van der Waals surface area (Å²) in [6.07, 6.45) is 2.59. The van der Waals surface area contributed by atoms with E-state index in [9.17, 15) is 4.79 Å². The van der Waals surface area contributed by atoms with Gasteiger partial charge >= 0.3 is 0 Å². The SMILES string of the molecule is C=CC(=O)NC(C1CO1)[N+](C)(C)CCC. The molecule has 0 radical (unpaired) electrons. The number of ether oxygens (including phenoxy) is 1. The van der Waals surface area contributed by atoms with E-state index in [-0.39, 0.29) is 18.2 Å². The smallest absolute Gasteiger partial charge is 0.247 e. The van der Waals surface area contributed by atoms with Crippen molar-refractivity contribution in [3.8, 4) is 0 Å². The van der Waals surface area contributed by atoms with E-state index in [0.29, 0.717) is 0 Å². The van der Waals surface area contributed by atoms with Gasteiger partial charge in [0.2, 0.25) is 5.91 Å². The van der Waals surface area contributed by atoms with Gasteiger partial charge in [-0.3, -0.25) is 4.79 Å². The van der Waals surface area contributed by atoms with Crippen molar-refractivity contribution in [2.24, 2.45) is 0 Å². The Labute approximate surface area is 91.5 Å². The number of nitrogens with one attached hydrogen (secondary N) is 1. The minimum Gasteiger partial charge on any atom is -0.364 e. The lowest BCUT2D eigenvalue weighted by atomic mass is 10.2. The topological polar surface area (TPSA) is 41.6 Å². The largest absolute Gasteiger partial charge is 0.364 e. The molecule has 0 spiro atoms. The van der Waals surface area contributed by atoms with Crippen molar-refractivity contribution in [1.82, 2.24) is 5.32 Å². The third-order valence-corrected chi connectivity index (χ3v) is 2.74. The maximum Gasteiger partial charge on any atom is 0.247 e. The molecule has 15 heavy (non-hydrogen) atoms. The summed E-state index contributed by atoms with van der Waals surface area (Å²) in [6.45, 7) is 7.36. The standard InChI is InChI=1S/C11H20N2O2/c1-5-7-13(3,4)11(9-8-15-9)12-10(14)6-2/h6,9,11H,2,5,7-8H2,1,3-4H3/p+1. The normalized spacial score (nSPS) is 21.9. The van der Waals surface area contributed by atoms with Crippen LogP contribution in [0.25, 0.3) is 0 Å². The molecule has 0 aromatic heterocycles. The number of amides is 1. The summed E-state index contributed by atoms with van der Waals surface area (Å²) in [5.41, 5.74) is 0. The monoisotopic (exact) mass is 213 g/mol. The number of rotatable bonds is 6. The third kappa shape index (κ3) is 3.32. The van der Waals surface area contributed by atoms with Crippen molar-refractivity contribution in [3.05, 3.63) is 12.7 Å². The zero-order valence-corrected chi connectivity index (χ0v) is 9.82. The van der Waals surface area contributed by atoms with Gasteiger partial charge in [0.15, 0.2) is 12.3 Å². The average Bonchev–Trinajstić information content (AvgIpc) is 2.96. The second kappa shape index (κ2) is 4.77. The molecule has 0 saturated carbocycles. The summed E-state index contributed by atoms with van der Waals surface area (Å²) >= 11 is 0. The zero-order valence-electron chi connectivity index (χ0n) is 9.82. The van der Waals surface area contributed by atoms with Gasteiger partial charge in [-0.25, -0.2) is 0 Å². The van der Waals surface area contributed by atoms with Crippen molar-refractivity contribution in [1.29, 1.82) is 0 Å². The van der Waals surface area contributed by atoms with E-state index in [2.05, 4.69) is 32.9 Å². The van der Waals surface area contributed by atoms with Gasteiger partial charge in [0.1, 0.15) is 0 Å². The van der Waals surface area contributed by atoms with E-state index in [0.717, 1.165) is 24.1 Å². The molecule has 0 aromatic carbocycles. The molecule has 0 aromatic rings. The minimum atomic E-state index is -0.127. The van der Waals surface area contributed by atoms with Crippen LogP contribution < -0.4 is 5.32 Å². The van der Waals surface area contributed by atoms with Crippen molar-refractivity contribution >= 4 is 5.91 Å². The predicted molar refractivity (Wildman–Crippen MR) is 59.1 cm³/mol. The maximum atomic E-state index is 11.3. The fourth-order valence-electron chi connectivity index (χ4n) is 1.88. The second-order valence-electron chi connectivity index (χ2n) is 4.53. The Morgan fingerprint density at radius 2 is 2.33 bits per heavy atom. The van der Waals surface area contributed by atoms with E-state index in [1.165, 1.54) is 6.08 Å². The van der Waals surface area contributed by atoms with Crippen LogP contribution in [0.4, 0.5) is 0 Å². The van der Waals surface area contributed by atoms with Crippen LogP contribution in [-0.2, 0) is 9.53 Å². The number of quaternary nitrogens is 1. The number of likely N-dealkylation sites (N-methyl/N-ethyl adjacent to an activating group) is 1. The van der Waals surface area contributed by atoms with Crippen LogP contribution in [0.5, 0.6) is 0 Å². The molecule has 1 rings (SSSR count). The number of hydrogen-bond donors (Lipinski definition) is 1. The maximum absolute atomic E-state index is 11.3. The van der Waals surface area contributed by atoms with E-state index < -0.39 is 0 Å². The molecule has 1 fully saturated rings. The van der Waals surface area contributed by atoms with Crippen LogP contribution in [0.2, 0.25) is 0 Å². The van der Waals surface area contributed by atoms with Gasteiger partial charge in [-0.2, -0.15) is 0 Å². The van der Waals surface area contributed by atoms with Gasteiger partial charge in [0.05, 0.1) is 27.2 Å². The summed E-state index contributed by atoms with van der Waals surface area (Å²) in [6, 6.07) is 0. The molecule has 2 atom stereocenters. The molecule has 1 saturated heterocycles. The molecule has 1 heterocycles. The quantitative estimate of drug-likeness (QED) is 0.302. The molecule has 1 aliphatic rings. The van der Waals surface area contributed by atoms with Gasteiger partial charge < -0.3 is 14.5 Å². The number of nitrogens with zero attached hydrogens (tertiary/aromatic N) is 1. The number of carbonyl (C=O) groups is 1. The van der Waals surface area contributed by atoms with E-state index in [4.69, 9.17) is 4.74 Å². The van der Waals surface area contributed by atoms with E-state index in [1.54, 1.807) is 0 Å². The number of hydrogen-bond acceptors (Lipinski definition) is 2. The van der Waals surface area contributed by atoms with Gasteiger partial charge in [-0.05, 0) is 12.5 Å². The molecule has 1 aliphatic heterocycles. The molecule has 0 bridgehead atoms. The van der Waals surface area contributed by atoms with Crippen LogP contribution in [0.3, 0.4) is 0 Å². The van der Waals surface area contributed by atoms with Crippen LogP contribution in [-0.4, -0.2) is 49.9 Å². The highest BCUT2D eigenvalue weighted by atomic mass is 16.6. The number of epoxide rings is 1. The molecule has 4 heteroatoms. The van der Waals surface area contributed by atoms with Gasteiger partial charge in [-0.1, -0.05) is 13.5 Å². The minimum absolute atomic E-state index is 0.0375. The highest BCUT2D eigenvalue weighted by Gasteiger charge is 2.43. The zero-order chi connectivity index (χ0) is 11.5. The van der Waals surface area contributed by atoms with Crippen molar-refractivity contribution in [2.45, 2.75) is 25.6 Å². The molecule has 4 nitrogen and oxygen atoms in total. The summed E-state index contributed by atoms with van der Waals surface area (Å²) in [5.74, 6) is -0.127. The van der Waals surface area contributed by atoms with Gasteiger partial charge in [-0.15, -0.1) is 0 Å². The summed E-state index contributed by atoms with van der Waals surface area (Å²) in [4.78, 5) is 11.3. The first-order valence-electron chi connectivity index (χ1n) is 5.38. The molecule has 1 amide bonds. The van der Waals surface area contributed by atoms with E-state index in [1.807, 2.05) is 0 Å². The van der Waals surface area contributed by atoms with Crippen LogP contribution in [0, 0.1) is 0 Å². The van der Waals surface area contributed by atoms with Crippen molar-refractivity contribution < 1.29 is 14.0 Å².